The summed E-state index contributed by atoms with van der Waals surface area (Å²) in [4.78, 5) is 18.1. The van der Waals surface area contributed by atoms with Gasteiger partial charge in [0, 0.05) is 12.7 Å². The molecule has 0 N–H and O–H groups in total. The van der Waals surface area contributed by atoms with E-state index >= 15 is 0 Å². The predicted octanol–water partition coefficient (Wildman–Crippen LogP) is 1.85. The van der Waals surface area contributed by atoms with Gasteiger partial charge in [0.1, 0.15) is 0 Å². The highest BCUT2D eigenvalue weighted by atomic mass is 16.5. The average Bonchev–Trinajstić information content (AvgIpc) is 2.40. The molecule has 2 rings (SSSR count). The largest absolute Gasteiger partial charge is 0.464 e. The van der Waals surface area contributed by atoms with E-state index in [-0.39, 0.29) is 5.97 Å². The van der Waals surface area contributed by atoms with Crippen molar-refractivity contribution in [2.45, 2.75) is 25.8 Å². The summed E-state index contributed by atoms with van der Waals surface area (Å²) in [5, 5.41) is 0. The van der Waals surface area contributed by atoms with Crippen molar-refractivity contribution >= 4 is 5.97 Å². The molecule has 2 heterocycles. The van der Waals surface area contributed by atoms with Gasteiger partial charge in [0.15, 0.2) is 5.69 Å². The van der Waals surface area contributed by atoms with E-state index in [4.69, 9.17) is 4.74 Å². The number of likely N-dealkylation sites (tertiary alicyclic amines) is 1. The Labute approximate surface area is 102 Å². The molecule has 4 nitrogen and oxygen atoms in total. The highest BCUT2D eigenvalue weighted by Crippen LogP contribution is 2.15. The maximum Gasteiger partial charge on any atom is 0.356 e. The monoisotopic (exact) mass is 234 g/mol. The van der Waals surface area contributed by atoms with Crippen LogP contribution in [0.1, 0.15) is 35.3 Å². The van der Waals surface area contributed by atoms with Crippen LogP contribution in [0.25, 0.3) is 0 Å². The molecule has 1 aliphatic heterocycles. The molecule has 0 atom stereocenters. The Balaban J connectivity index is 2.11. The molecule has 0 spiro atoms. The van der Waals surface area contributed by atoms with Crippen LogP contribution in [0.5, 0.6) is 0 Å². The third kappa shape index (κ3) is 3.03. The van der Waals surface area contributed by atoms with Crippen LogP contribution >= 0.6 is 0 Å². The standard InChI is InChI=1S/C13H18N2O2/c1-17-13(16)12-11(6-5-7-14-12)10-15-8-3-2-4-9-15/h5-7H,2-4,8-10H2,1H3. The molecular formula is C13H18N2O2. The van der Waals surface area contributed by atoms with Crippen molar-refractivity contribution in [2.75, 3.05) is 20.2 Å². The van der Waals surface area contributed by atoms with Gasteiger partial charge in [-0.05, 0) is 37.6 Å². The number of carbonyl (C=O) groups excluding carboxylic acids is 1. The fourth-order valence-corrected chi connectivity index (χ4v) is 2.21. The van der Waals surface area contributed by atoms with E-state index in [1.165, 1.54) is 26.4 Å². The fraction of sp³-hybridized carbons (Fsp3) is 0.538. The number of hydrogen-bond donors (Lipinski definition) is 0. The topological polar surface area (TPSA) is 42.4 Å². The maximum atomic E-state index is 11.6. The lowest BCUT2D eigenvalue weighted by Gasteiger charge is -2.26. The molecule has 1 aromatic rings. The molecule has 0 bridgehead atoms. The molecule has 1 saturated heterocycles. The molecule has 0 aliphatic carbocycles. The summed E-state index contributed by atoms with van der Waals surface area (Å²) >= 11 is 0. The van der Waals surface area contributed by atoms with E-state index in [0.29, 0.717) is 5.69 Å². The summed E-state index contributed by atoms with van der Waals surface area (Å²) in [6.45, 7) is 3.00. The minimum absolute atomic E-state index is 0.349. The van der Waals surface area contributed by atoms with Crippen molar-refractivity contribution in [1.29, 1.82) is 0 Å². The van der Waals surface area contributed by atoms with E-state index in [1.54, 1.807) is 6.20 Å². The van der Waals surface area contributed by atoms with Gasteiger partial charge >= 0.3 is 5.97 Å². The van der Waals surface area contributed by atoms with Crippen LogP contribution in [-0.4, -0.2) is 36.1 Å². The number of nitrogens with zero attached hydrogens (tertiary/aromatic N) is 2. The van der Waals surface area contributed by atoms with Crippen molar-refractivity contribution in [3.8, 4) is 0 Å². The predicted molar refractivity (Wildman–Crippen MR) is 64.7 cm³/mol. The number of methoxy groups -OCH3 is 1. The third-order valence-corrected chi connectivity index (χ3v) is 3.11. The number of rotatable bonds is 3. The molecule has 4 heteroatoms. The zero-order valence-electron chi connectivity index (χ0n) is 10.2. The number of hydrogen-bond acceptors (Lipinski definition) is 4. The zero-order valence-corrected chi connectivity index (χ0v) is 10.2. The molecule has 0 saturated carbocycles. The number of piperidine rings is 1. The van der Waals surface area contributed by atoms with E-state index in [9.17, 15) is 4.79 Å². The molecule has 0 unspecified atom stereocenters. The van der Waals surface area contributed by atoms with Crippen LogP contribution in [0.2, 0.25) is 0 Å². The molecule has 1 aliphatic rings. The summed E-state index contributed by atoms with van der Waals surface area (Å²) < 4.78 is 4.75. The van der Waals surface area contributed by atoms with Gasteiger partial charge in [-0.1, -0.05) is 12.5 Å². The lowest BCUT2D eigenvalue weighted by atomic mass is 10.1. The summed E-state index contributed by atoms with van der Waals surface area (Å²) in [5.74, 6) is -0.349. The third-order valence-electron chi connectivity index (χ3n) is 3.11. The van der Waals surface area contributed by atoms with E-state index in [0.717, 1.165) is 25.2 Å². The first-order valence-corrected chi connectivity index (χ1v) is 6.06. The van der Waals surface area contributed by atoms with Crippen LogP contribution in [0.3, 0.4) is 0 Å². The lowest BCUT2D eigenvalue weighted by Crippen LogP contribution is -2.30. The minimum atomic E-state index is -0.349. The lowest BCUT2D eigenvalue weighted by molar-refractivity contribution is 0.0591. The zero-order chi connectivity index (χ0) is 12.1. The Bertz CT molecular complexity index is 387. The van der Waals surface area contributed by atoms with Gasteiger partial charge in [-0.2, -0.15) is 0 Å². The van der Waals surface area contributed by atoms with Gasteiger partial charge in [-0.3, -0.25) is 4.90 Å². The van der Waals surface area contributed by atoms with E-state index < -0.39 is 0 Å². The minimum Gasteiger partial charge on any atom is -0.464 e. The van der Waals surface area contributed by atoms with Gasteiger partial charge in [-0.25, -0.2) is 9.78 Å². The van der Waals surface area contributed by atoms with Crippen molar-refractivity contribution in [3.05, 3.63) is 29.6 Å². The second-order valence-electron chi connectivity index (χ2n) is 4.34. The van der Waals surface area contributed by atoms with Crippen LogP contribution in [-0.2, 0) is 11.3 Å². The summed E-state index contributed by atoms with van der Waals surface area (Å²) in [7, 11) is 1.39. The summed E-state index contributed by atoms with van der Waals surface area (Å²) in [6, 6.07) is 3.82. The number of esters is 1. The molecule has 0 amide bonds. The van der Waals surface area contributed by atoms with Crippen LogP contribution in [0.15, 0.2) is 18.3 Å². The Morgan fingerprint density at radius 3 is 2.88 bits per heavy atom. The van der Waals surface area contributed by atoms with Gasteiger partial charge in [0.25, 0.3) is 0 Å². The van der Waals surface area contributed by atoms with Crippen molar-refractivity contribution in [2.24, 2.45) is 0 Å². The van der Waals surface area contributed by atoms with Gasteiger partial charge < -0.3 is 4.74 Å². The van der Waals surface area contributed by atoms with Crippen molar-refractivity contribution in [3.63, 3.8) is 0 Å². The van der Waals surface area contributed by atoms with Crippen molar-refractivity contribution < 1.29 is 9.53 Å². The van der Waals surface area contributed by atoms with E-state index in [1.807, 2.05) is 12.1 Å². The van der Waals surface area contributed by atoms with Crippen molar-refractivity contribution in [1.82, 2.24) is 9.88 Å². The number of aromatic nitrogens is 1. The normalized spacial score (nSPS) is 16.8. The SMILES string of the molecule is COC(=O)c1ncccc1CN1CCCCC1. The number of carbonyl (C=O) groups is 1. The molecule has 1 aromatic heterocycles. The van der Waals surface area contributed by atoms with Crippen LogP contribution in [0.4, 0.5) is 0 Å². The molecule has 0 radical (unpaired) electrons. The highest BCUT2D eigenvalue weighted by molar-refractivity contribution is 5.88. The Morgan fingerprint density at radius 2 is 2.18 bits per heavy atom. The average molecular weight is 234 g/mol. The second-order valence-corrected chi connectivity index (χ2v) is 4.34. The first-order chi connectivity index (χ1) is 8.31. The number of ether oxygens (including phenoxy) is 1. The number of pyridine rings is 1. The Morgan fingerprint density at radius 1 is 1.41 bits per heavy atom. The first-order valence-electron chi connectivity index (χ1n) is 6.06. The smallest absolute Gasteiger partial charge is 0.356 e. The molecule has 17 heavy (non-hydrogen) atoms. The first kappa shape index (κ1) is 12.0. The summed E-state index contributed by atoms with van der Waals surface area (Å²) in [6.07, 6.45) is 5.43. The molecule has 1 fully saturated rings. The van der Waals surface area contributed by atoms with E-state index in [2.05, 4.69) is 9.88 Å². The fourth-order valence-electron chi connectivity index (χ4n) is 2.21. The van der Waals surface area contributed by atoms with Gasteiger partial charge in [-0.15, -0.1) is 0 Å². The van der Waals surface area contributed by atoms with Crippen LogP contribution in [0, 0.1) is 0 Å². The van der Waals surface area contributed by atoms with Gasteiger partial charge in [0.2, 0.25) is 0 Å². The molecule has 92 valence electrons. The molecular weight excluding hydrogens is 216 g/mol. The quantitative estimate of drug-likeness (QED) is 0.749. The second kappa shape index (κ2) is 5.77. The summed E-state index contributed by atoms with van der Waals surface area (Å²) in [5.41, 5.74) is 1.40. The molecule has 0 aromatic carbocycles. The van der Waals surface area contributed by atoms with Crippen LogP contribution < -0.4 is 0 Å². The Kier molecular flexibility index (Phi) is 4.09. The Hall–Kier alpha value is -1.42. The van der Waals surface area contributed by atoms with Gasteiger partial charge in [0.05, 0.1) is 7.11 Å². The maximum absolute atomic E-state index is 11.6. The highest BCUT2D eigenvalue weighted by Gasteiger charge is 2.16.